The van der Waals surface area contributed by atoms with Crippen molar-refractivity contribution < 1.29 is 19.6 Å². The van der Waals surface area contributed by atoms with E-state index < -0.39 is 34.6 Å². The number of nitrogens with zero attached hydrogens (tertiary/aromatic N) is 2. The zero-order valence-corrected chi connectivity index (χ0v) is 14.5. The molecule has 0 saturated heterocycles. The third kappa shape index (κ3) is 5.63. The van der Waals surface area contributed by atoms with Crippen LogP contribution in [0.5, 0.6) is 5.75 Å². The highest BCUT2D eigenvalue weighted by atomic mass is 16.6. The highest BCUT2D eigenvalue weighted by Crippen LogP contribution is 2.25. The second-order valence-electron chi connectivity index (χ2n) is 5.53. The molecular weight excluding hydrogens is 352 g/mol. The molecule has 2 amide bonds. The number of hydrogen-bond acceptors (Lipinski definition) is 6. The summed E-state index contributed by atoms with van der Waals surface area (Å²) in [6, 6.07) is 11.0. The highest BCUT2D eigenvalue weighted by molar-refractivity contribution is 6.04. The van der Waals surface area contributed by atoms with Gasteiger partial charge in [0, 0.05) is 17.3 Å². The van der Waals surface area contributed by atoms with Gasteiger partial charge in [-0.3, -0.25) is 19.7 Å². The molecule has 27 heavy (non-hydrogen) atoms. The van der Waals surface area contributed by atoms with Crippen molar-refractivity contribution in [3.8, 4) is 5.75 Å². The van der Waals surface area contributed by atoms with Crippen LogP contribution in [0.1, 0.15) is 24.5 Å². The molecule has 0 saturated carbocycles. The fraction of sp³-hybridized carbons (Fsp3) is 0.167. The Bertz CT molecular complexity index is 895. The lowest BCUT2D eigenvalue weighted by Crippen LogP contribution is -2.25. The van der Waals surface area contributed by atoms with E-state index in [1.165, 1.54) is 12.3 Å². The molecule has 9 nitrogen and oxygen atoms in total. The van der Waals surface area contributed by atoms with Gasteiger partial charge in [0.2, 0.25) is 11.8 Å². The first-order chi connectivity index (χ1) is 12.9. The Morgan fingerprint density at radius 3 is 2.67 bits per heavy atom. The van der Waals surface area contributed by atoms with Crippen LogP contribution < -0.4 is 10.7 Å². The Kier molecular flexibility index (Phi) is 6.59. The Hall–Kier alpha value is -3.75. The van der Waals surface area contributed by atoms with Crippen LogP contribution in [0.2, 0.25) is 0 Å². The predicted molar refractivity (Wildman–Crippen MR) is 99.6 cm³/mol. The molecule has 0 aliphatic carbocycles. The maximum Gasteiger partial charge on any atom is 0.311 e. The third-order valence-corrected chi connectivity index (χ3v) is 3.59. The van der Waals surface area contributed by atoms with Crippen LogP contribution in [0, 0.1) is 10.1 Å². The Morgan fingerprint density at radius 2 is 1.96 bits per heavy atom. The number of phenols is 1. The van der Waals surface area contributed by atoms with E-state index in [0.717, 1.165) is 24.1 Å². The number of amides is 2. The fourth-order valence-corrected chi connectivity index (χ4v) is 2.28. The summed E-state index contributed by atoms with van der Waals surface area (Å²) in [5, 5.41) is 26.5. The lowest BCUT2D eigenvalue weighted by molar-refractivity contribution is -0.385. The third-order valence-electron chi connectivity index (χ3n) is 3.59. The Balaban J connectivity index is 1.90. The molecule has 2 aromatic rings. The van der Waals surface area contributed by atoms with Gasteiger partial charge in [0.1, 0.15) is 6.42 Å². The van der Waals surface area contributed by atoms with Gasteiger partial charge in [-0.05, 0) is 30.2 Å². The van der Waals surface area contributed by atoms with Crippen molar-refractivity contribution in [3.05, 3.63) is 63.7 Å². The van der Waals surface area contributed by atoms with Gasteiger partial charge in [-0.25, -0.2) is 5.43 Å². The number of hydrogen-bond donors (Lipinski definition) is 3. The number of nitrogens with one attached hydrogen (secondary N) is 2. The number of nitro groups is 1. The van der Waals surface area contributed by atoms with Crippen LogP contribution in [0.15, 0.2) is 47.6 Å². The minimum Gasteiger partial charge on any atom is -0.502 e. The highest BCUT2D eigenvalue weighted by Gasteiger charge is 2.13. The van der Waals surface area contributed by atoms with Crippen molar-refractivity contribution in [2.75, 3.05) is 5.32 Å². The first-order valence-electron chi connectivity index (χ1n) is 8.07. The lowest BCUT2D eigenvalue weighted by atomic mass is 10.1. The average Bonchev–Trinajstić information content (AvgIpc) is 2.63. The van der Waals surface area contributed by atoms with E-state index in [2.05, 4.69) is 15.8 Å². The van der Waals surface area contributed by atoms with Crippen molar-refractivity contribution in [1.29, 1.82) is 0 Å². The molecule has 0 aliphatic rings. The minimum absolute atomic E-state index is 0.307. The summed E-state index contributed by atoms with van der Waals surface area (Å²) in [7, 11) is 0. The lowest BCUT2D eigenvalue weighted by Gasteiger charge is -2.09. The molecule has 2 rings (SSSR count). The second-order valence-corrected chi connectivity index (χ2v) is 5.53. The first kappa shape index (κ1) is 19.6. The quantitative estimate of drug-likeness (QED) is 0.298. The fourth-order valence-electron chi connectivity index (χ4n) is 2.28. The van der Waals surface area contributed by atoms with E-state index in [0.29, 0.717) is 11.3 Å². The topological polar surface area (TPSA) is 134 Å². The van der Waals surface area contributed by atoms with Crippen molar-refractivity contribution in [2.45, 2.75) is 19.8 Å². The molecule has 0 spiro atoms. The largest absolute Gasteiger partial charge is 0.502 e. The van der Waals surface area contributed by atoms with Crippen molar-refractivity contribution in [1.82, 2.24) is 5.43 Å². The predicted octanol–water partition coefficient (Wildman–Crippen LogP) is 2.34. The summed E-state index contributed by atoms with van der Waals surface area (Å²) in [4.78, 5) is 33.8. The summed E-state index contributed by atoms with van der Waals surface area (Å²) in [6.45, 7) is 1.96. The zero-order valence-electron chi connectivity index (χ0n) is 14.5. The van der Waals surface area contributed by atoms with Gasteiger partial charge in [-0.1, -0.05) is 25.1 Å². The maximum atomic E-state index is 12.0. The van der Waals surface area contributed by atoms with Crippen molar-refractivity contribution in [2.24, 2.45) is 5.10 Å². The zero-order chi connectivity index (χ0) is 19.8. The number of aromatic hydroxyl groups is 1. The van der Waals surface area contributed by atoms with Crippen LogP contribution in [0.3, 0.4) is 0 Å². The molecule has 140 valence electrons. The smallest absolute Gasteiger partial charge is 0.311 e. The van der Waals surface area contributed by atoms with Gasteiger partial charge in [-0.15, -0.1) is 0 Å². The molecule has 0 fully saturated rings. The number of para-hydroxylation sites is 1. The summed E-state index contributed by atoms with van der Waals surface area (Å²) in [6.07, 6.45) is 1.49. The number of carbonyl (C=O) groups is 2. The Labute approximate surface area is 154 Å². The van der Waals surface area contributed by atoms with Gasteiger partial charge in [0.25, 0.3) is 0 Å². The van der Waals surface area contributed by atoms with Crippen LogP contribution in [0.4, 0.5) is 11.4 Å². The number of anilines is 1. The van der Waals surface area contributed by atoms with E-state index in [4.69, 9.17) is 0 Å². The number of hydrazone groups is 1. The van der Waals surface area contributed by atoms with Gasteiger partial charge < -0.3 is 10.4 Å². The number of aryl methyl sites for hydroxylation is 1. The molecule has 0 unspecified atom stereocenters. The molecular formula is C18H18N4O5. The number of benzene rings is 2. The number of rotatable bonds is 7. The Morgan fingerprint density at radius 1 is 1.22 bits per heavy atom. The molecule has 0 aliphatic heterocycles. The SMILES string of the molecule is CCc1ccccc1NC(=O)CC(=O)N/N=C/c1ccc(O)c([N+](=O)[O-])c1. The molecule has 0 bridgehead atoms. The van der Waals surface area contributed by atoms with Gasteiger partial charge >= 0.3 is 5.69 Å². The number of carbonyl (C=O) groups excluding carboxylic acids is 2. The van der Waals surface area contributed by atoms with Gasteiger partial charge in [0.15, 0.2) is 5.75 Å². The van der Waals surface area contributed by atoms with Crippen molar-refractivity contribution >= 4 is 29.4 Å². The molecule has 0 heterocycles. The van der Waals surface area contributed by atoms with Crippen LogP contribution in [-0.2, 0) is 16.0 Å². The van der Waals surface area contributed by atoms with Gasteiger partial charge in [-0.2, -0.15) is 5.10 Å². The van der Waals surface area contributed by atoms with E-state index >= 15 is 0 Å². The normalized spacial score (nSPS) is 10.6. The molecule has 0 atom stereocenters. The van der Waals surface area contributed by atoms with Crippen LogP contribution in [-0.4, -0.2) is 28.1 Å². The monoisotopic (exact) mass is 370 g/mol. The molecule has 2 aromatic carbocycles. The van der Waals surface area contributed by atoms with Crippen molar-refractivity contribution in [3.63, 3.8) is 0 Å². The number of nitro benzene ring substituents is 1. The van der Waals surface area contributed by atoms with Crippen LogP contribution >= 0.6 is 0 Å². The van der Waals surface area contributed by atoms with E-state index in [1.54, 1.807) is 12.1 Å². The minimum atomic E-state index is -0.732. The van der Waals surface area contributed by atoms with E-state index in [-0.39, 0.29) is 0 Å². The first-order valence-corrected chi connectivity index (χ1v) is 8.07. The molecule has 9 heteroatoms. The summed E-state index contributed by atoms with van der Waals surface area (Å²) < 4.78 is 0. The summed E-state index contributed by atoms with van der Waals surface area (Å²) >= 11 is 0. The molecule has 0 radical (unpaired) electrons. The second kappa shape index (κ2) is 9.09. The van der Waals surface area contributed by atoms with Gasteiger partial charge in [0.05, 0.1) is 11.1 Å². The standard InChI is InChI=1S/C18H18N4O5/c1-2-13-5-3-4-6-14(13)20-17(24)10-18(25)21-19-11-12-7-8-16(23)15(9-12)22(26)27/h3-9,11,23H,2,10H2,1H3,(H,20,24)(H,21,25)/b19-11+. The van der Waals surface area contributed by atoms with Crippen LogP contribution in [0.25, 0.3) is 0 Å². The summed E-state index contributed by atoms with van der Waals surface area (Å²) in [5.41, 5.74) is 3.62. The summed E-state index contributed by atoms with van der Waals surface area (Å²) in [5.74, 6) is -1.58. The average molecular weight is 370 g/mol. The molecule has 0 aromatic heterocycles. The van der Waals surface area contributed by atoms with E-state index in [1.807, 2.05) is 19.1 Å². The number of phenolic OH excluding ortho intramolecular Hbond substituents is 1. The van der Waals surface area contributed by atoms with E-state index in [9.17, 15) is 24.8 Å². The maximum absolute atomic E-state index is 12.0. The molecule has 3 N–H and O–H groups in total.